The number of nitrogens with one attached hydrogen (secondary N) is 1. The van der Waals surface area contributed by atoms with Gasteiger partial charge in [-0.05, 0) is 37.3 Å². The van der Waals surface area contributed by atoms with E-state index in [2.05, 4.69) is 10.4 Å². The standard InChI is InChI=1S/C18H12F5N3O/c1-10-16(17(27)25-14-7-12(19)6-13(20)8-14)9-24-26(10)15-4-2-3-11(5-15)18(21,22)23/h2-9H,1H3,(H,25,27). The third-order valence-corrected chi connectivity index (χ3v) is 3.79. The maximum absolute atomic E-state index is 13.2. The Kier molecular flexibility index (Phi) is 4.69. The Morgan fingerprint density at radius 3 is 2.37 bits per heavy atom. The highest BCUT2D eigenvalue weighted by Crippen LogP contribution is 2.30. The number of anilines is 1. The van der Waals surface area contributed by atoms with E-state index in [0.29, 0.717) is 6.07 Å². The quantitative estimate of drug-likeness (QED) is 0.667. The van der Waals surface area contributed by atoms with Gasteiger partial charge >= 0.3 is 6.18 Å². The summed E-state index contributed by atoms with van der Waals surface area (Å²) in [6.45, 7) is 1.49. The molecule has 0 spiro atoms. The Balaban J connectivity index is 1.90. The fourth-order valence-corrected chi connectivity index (χ4v) is 2.53. The summed E-state index contributed by atoms with van der Waals surface area (Å²) in [6.07, 6.45) is -3.35. The molecule has 1 N–H and O–H groups in total. The molecule has 9 heteroatoms. The number of hydrogen-bond acceptors (Lipinski definition) is 2. The summed E-state index contributed by atoms with van der Waals surface area (Å²) in [6, 6.07) is 7.01. The summed E-state index contributed by atoms with van der Waals surface area (Å²) in [4.78, 5) is 12.3. The van der Waals surface area contributed by atoms with Crippen LogP contribution in [0.1, 0.15) is 21.6 Å². The number of carbonyl (C=O) groups excluding carboxylic acids is 1. The molecule has 0 aliphatic rings. The summed E-state index contributed by atoms with van der Waals surface area (Å²) in [5.74, 6) is -2.42. The van der Waals surface area contributed by atoms with Gasteiger partial charge in [-0.15, -0.1) is 0 Å². The number of nitrogens with zero attached hydrogens (tertiary/aromatic N) is 2. The molecule has 0 saturated heterocycles. The molecule has 1 heterocycles. The highest BCUT2D eigenvalue weighted by molar-refractivity contribution is 6.05. The van der Waals surface area contributed by atoms with Gasteiger partial charge in [0, 0.05) is 11.8 Å². The van der Waals surface area contributed by atoms with Gasteiger partial charge in [0.05, 0.1) is 28.7 Å². The number of rotatable bonds is 3. The number of aromatic nitrogens is 2. The van der Waals surface area contributed by atoms with E-state index >= 15 is 0 Å². The number of alkyl halides is 3. The van der Waals surface area contributed by atoms with Crippen LogP contribution in [0.15, 0.2) is 48.7 Å². The molecule has 0 aliphatic heterocycles. The van der Waals surface area contributed by atoms with Crippen LogP contribution < -0.4 is 5.32 Å². The molecule has 0 radical (unpaired) electrons. The zero-order chi connectivity index (χ0) is 19.8. The van der Waals surface area contributed by atoms with Gasteiger partial charge in [-0.25, -0.2) is 13.5 Å². The van der Waals surface area contributed by atoms with Crippen molar-refractivity contribution in [3.05, 3.63) is 77.1 Å². The van der Waals surface area contributed by atoms with E-state index in [1.165, 1.54) is 29.9 Å². The molecule has 3 rings (SSSR count). The molecule has 0 bridgehead atoms. The van der Waals surface area contributed by atoms with Gasteiger partial charge in [-0.3, -0.25) is 4.79 Å². The van der Waals surface area contributed by atoms with Gasteiger partial charge in [-0.2, -0.15) is 18.3 Å². The summed E-state index contributed by atoms with van der Waals surface area (Å²) in [5, 5.41) is 6.28. The van der Waals surface area contributed by atoms with E-state index in [-0.39, 0.29) is 22.6 Å². The fourth-order valence-electron chi connectivity index (χ4n) is 2.53. The third-order valence-electron chi connectivity index (χ3n) is 3.79. The lowest BCUT2D eigenvalue weighted by atomic mass is 10.2. The predicted molar refractivity (Wildman–Crippen MR) is 87.6 cm³/mol. The second kappa shape index (κ2) is 6.82. The van der Waals surface area contributed by atoms with Crippen molar-refractivity contribution in [2.75, 3.05) is 5.32 Å². The van der Waals surface area contributed by atoms with Crippen LogP contribution in [0.3, 0.4) is 0 Å². The third kappa shape index (κ3) is 3.97. The molecule has 2 aromatic carbocycles. The van der Waals surface area contributed by atoms with Gasteiger partial charge in [0.2, 0.25) is 0 Å². The SMILES string of the molecule is Cc1c(C(=O)Nc2cc(F)cc(F)c2)cnn1-c1cccc(C(F)(F)F)c1. The molecule has 4 nitrogen and oxygen atoms in total. The first-order valence-corrected chi connectivity index (χ1v) is 7.65. The zero-order valence-electron chi connectivity index (χ0n) is 13.8. The molecule has 140 valence electrons. The van der Waals surface area contributed by atoms with E-state index in [1.807, 2.05) is 0 Å². The Labute approximate surface area is 150 Å². The molecular formula is C18H12F5N3O. The topological polar surface area (TPSA) is 46.9 Å². The van der Waals surface area contributed by atoms with Crippen LogP contribution >= 0.6 is 0 Å². The Bertz CT molecular complexity index is 990. The van der Waals surface area contributed by atoms with Crippen molar-refractivity contribution in [3.8, 4) is 5.69 Å². The van der Waals surface area contributed by atoms with Gasteiger partial charge in [0.25, 0.3) is 5.91 Å². The van der Waals surface area contributed by atoms with Gasteiger partial charge in [0.15, 0.2) is 0 Å². The van der Waals surface area contributed by atoms with Gasteiger partial charge < -0.3 is 5.32 Å². The molecule has 0 aliphatic carbocycles. The lowest BCUT2D eigenvalue weighted by Crippen LogP contribution is -2.13. The maximum atomic E-state index is 13.2. The smallest absolute Gasteiger partial charge is 0.322 e. The first kappa shape index (κ1) is 18.6. The zero-order valence-corrected chi connectivity index (χ0v) is 13.8. The molecular weight excluding hydrogens is 369 g/mol. The summed E-state index contributed by atoms with van der Waals surface area (Å²) >= 11 is 0. The van der Waals surface area contributed by atoms with Crippen molar-refractivity contribution in [1.29, 1.82) is 0 Å². The van der Waals surface area contributed by atoms with Crippen LogP contribution in [0.25, 0.3) is 5.69 Å². The minimum atomic E-state index is -4.52. The van der Waals surface area contributed by atoms with Gasteiger partial charge in [-0.1, -0.05) is 6.07 Å². The predicted octanol–water partition coefficient (Wildman–Crippen LogP) is 4.73. The van der Waals surface area contributed by atoms with E-state index < -0.39 is 29.3 Å². The Morgan fingerprint density at radius 2 is 1.74 bits per heavy atom. The van der Waals surface area contributed by atoms with Crippen molar-refractivity contribution in [2.45, 2.75) is 13.1 Å². The van der Waals surface area contributed by atoms with Crippen LogP contribution in [0, 0.1) is 18.6 Å². The van der Waals surface area contributed by atoms with Crippen molar-refractivity contribution >= 4 is 11.6 Å². The molecule has 3 aromatic rings. The van der Waals surface area contributed by atoms with Crippen molar-refractivity contribution in [2.24, 2.45) is 0 Å². The minimum absolute atomic E-state index is 0.0529. The second-order valence-electron chi connectivity index (χ2n) is 5.72. The number of hydrogen-bond donors (Lipinski definition) is 1. The second-order valence-corrected chi connectivity index (χ2v) is 5.72. The highest BCUT2D eigenvalue weighted by Gasteiger charge is 2.30. The summed E-state index contributed by atoms with van der Waals surface area (Å²) < 4.78 is 66.2. The maximum Gasteiger partial charge on any atom is 0.416 e. The lowest BCUT2D eigenvalue weighted by molar-refractivity contribution is -0.137. The average molecular weight is 381 g/mol. The molecule has 0 saturated carbocycles. The highest BCUT2D eigenvalue weighted by atomic mass is 19.4. The van der Waals surface area contributed by atoms with Crippen molar-refractivity contribution in [3.63, 3.8) is 0 Å². The molecule has 0 unspecified atom stereocenters. The summed E-state index contributed by atoms with van der Waals surface area (Å²) in [5.41, 5.74) is -0.501. The first-order valence-electron chi connectivity index (χ1n) is 7.65. The van der Waals surface area contributed by atoms with Crippen LogP contribution in [0.5, 0.6) is 0 Å². The minimum Gasteiger partial charge on any atom is -0.322 e. The van der Waals surface area contributed by atoms with Crippen molar-refractivity contribution < 1.29 is 26.7 Å². The van der Waals surface area contributed by atoms with Crippen molar-refractivity contribution in [1.82, 2.24) is 9.78 Å². The van der Waals surface area contributed by atoms with E-state index in [0.717, 1.165) is 24.3 Å². The molecule has 0 atom stereocenters. The Morgan fingerprint density at radius 1 is 1.07 bits per heavy atom. The Hall–Kier alpha value is -3.23. The van der Waals surface area contributed by atoms with E-state index in [1.54, 1.807) is 0 Å². The monoisotopic (exact) mass is 381 g/mol. The van der Waals surface area contributed by atoms with Crippen LogP contribution in [0.2, 0.25) is 0 Å². The van der Waals surface area contributed by atoms with Crippen LogP contribution in [-0.4, -0.2) is 15.7 Å². The number of benzene rings is 2. The van der Waals surface area contributed by atoms with Gasteiger partial charge in [0.1, 0.15) is 11.6 Å². The average Bonchev–Trinajstić information content (AvgIpc) is 2.95. The number of carbonyl (C=O) groups is 1. The summed E-state index contributed by atoms with van der Waals surface area (Å²) in [7, 11) is 0. The molecule has 1 amide bonds. The lowest BCUT2D eigenvalue weighted by Gasteiger charge is -2.10. The number of halogens is 5. The molecule has 27 heavy (non-hydrogen) atoms. The first-order chi connectivity index (χ1) is 12.6. The van der Waals surface area contributed by atoms with E-state index in [4.69, 9.17) is 0 Å². The van der Waals surface area contributed by atoms with Crippen LogP contribution in [-0.2, 0) is 6.18 Å². The molecule has 0 fully saturated rings. The normalized spacial score (nSPS) is 11.5. The van der Waals surface area contributed by atoms with E-state index in [9.17, 15) is 26.7 Å². The number of amides is 1. The fraction of sp³-hybridized carbons (Fsp3) is 0.111. The molecule has 1 aromatic heterocycles. The largest absolute Gasteiger partial charge is 0.416 e. The van der Waals surface area contributed by atoms with Crippen LogP contribution in [0.4, 0.5) is 27.6 Å².